The molecule has 3 aromatic rings. The Bertz CT molecular complexity index is 872. The van der Waals surface area contributed by atoms with Gasteiger partial charge >= 0.3 is 0 Å². The Kier molecular flexibility index (Phi) is 4.33. The van der Waals surface area contributed by atoms with E-state index in [-0.39, 0.29) is 11.0 Å². The van der Waals surface area contributed by atoms with Gasteiger partial charge in [0, 0.05) is 0 Å². The third kappa shape index (κ3) is 2.49. The van der Waals surface area contributed by atoms with Crippen molar-refractivity contribution in [2.24, 2.45) is 0 Å². The van der Waals surface area contributed by atoms with Crippen molar-refractivity contribution < 1.29 is 9.84 Å². The summed E-state index contributed by atoms with van der Waals surface area (Å²) in [6.45, 7) is 1.92. The van der Waals surface area contributed by atoms with Crippen LogP contribution in [0.3, 0.4) is 0 Å². The number of halogens is 2. The van der Waals surface area contributed by atoms with Gasteiger partial charge < -0.3 is 9.84 Å². The lowest BCUT2D eigenvalue weighted by Crippen LogP contribution is -1.96. The highest BCUT2D eigenvalue weighted by atomic mass is 127. The van der Waals surface area contributed by atoms with E-state index in [2.05, 4.69) is 42.1 Å². The van der Waals surface area contributed by atoms with Gasteiger partial charge in [0.2, 0.25) is 5.88 Å². The fourth-order valence-electron chi connectivity index (χ4n) is 2.06. The van der Waals surface area contributed by atoms with Gasteiger partial charge in [0.15, 0.2) is 16.7 Å². The average molecular weight is 450 g/mol. The van der Waals surface area contributed by atoms with Crippen molar-refractivity contribution in [3.63, 3.8) is 0 Å². The largest absolute Gasteiger partial charge is 0.494 e. The minimum Gasteiger partial charge on any atom is -0.494 e. The molecule has 0 aliphatic heterocycles. The minimum absolute atomic E-state index is 0.176. The highest BCUT2D eigenvalue weighted by Crippen LogP contribution is 2.36. The van der Waals surface area contributed by atoms with Crippen LogP contribution < -0.4 is 4.74 Å². The molecule has 7 nitrogen and oxygen atoms in total. The number of rotatable bonds is 3. The predicted octanol–water partition coefficient (Wildman–Crippen LogP) is 3.36. The van der Waals surface area contributed by atoms with Crippen molar-refractivity contribution in [3.8, 4) is 23.0 Å². The summed E-state index contributed by atoms with van der Waals surface area (Å²) < 4.78 is 7.02. The van der Waals surface area contributed by atoms with E-state index < -0.39 is 0 Å². The molecule has 3 heterocycles. The lowest BCUT2D eigenvalue weighted by atomic mass is 10.2. The maximum absolute atomic E-state index is 10.3. The van der Waals surface area contributed by atoms with Crippen LogP contribution >= 0.6 is 40.0 Å². The van der Waals surface area contributed by atoms with E-state index in [0.717, 1.165) is 11.3 Å². The van der Waals surface area contributed by atoms with Crippen molar-refractivity contribution in [3.05, 3.63) is 23.2 Å². The smallest absolute Gasteiger partial charge is 0.226 e. The maximum atomic E-state index is 10.3. The van der Waals surface area contributed by atoms with Gasteiger partial charge in [-0.05, 0) is 29.0 Å². The highest BCUT2D eigenvalue weighted by molar-refractivity contribution is 14.2. The molecule has 3 aromatic heterocycles. The quantitative estimate of drug-likeness (QED) is 0.375. The molecule has 3 rings (SSSR count). The number of nitrogens with zero attached hydrogens (tertiary/aromatic N) is 5. The Labute approximate surface area is 145 Å². The van der Waals surface area contributed by atoms with Gasteiger partial charge in [0.1, 0.15) is 10.9 Å². The predicted molar refractivity (Wildman–Crippen MR) is 94.3 cm³/mol. The van der Waals surface area contributed by atoms with E-state index in [4.69, 9.17) is 16.3 Å². The van der Waals surface area contributed by atoms with Crippen LogP contribution in [0.5, 0.6) is 11.6 Å². The lowest BCUT2D eigenvalue weighted by Gasteiger charge is -2.08. The standard InChI is InChI=1S/C12H10ClIN5O2P/c1-5-6(3-16-19(5)22-14)11-17-9-8(12(20)18-11)7(21-2)4-15-10(9)13/h3-4,22H,1-2H3,(H,17,18,20). The molecule has 0 bridgehead atoms. The van der Waals surface area contributed by atoms with Gasteiger partial charge in [-0.15, -0.1) is 0 Å². The summed E-state index contributed by atoms with van der Waals surface area (Å²) >= 11 is 8.34. The SMILES string of the molecule is COc1cnc(Cl)c2nc(-c3cnn(PI)c3C)nc(O)c12. The molecular weight excluding hydrogens is 439 g/mol. The molecule has 0 amide bonds. The summed E-state index contributed by atoms with van der Waals surface area (Å²) in [6.07, 6.45) is 3.56. The second kappa shape index (κ2) is 6.10. The molecule has 0 aliphatic rings. The number of hydrogen-bond donors (Lipinski definition) is 1. The lowest BCUT2D eigenvalue weighted by molar-refractivity contribution is 0.412. The number of aromatic nitrogens is 5. The van der Waals surface area contributed by atoms with Crippen LogP contribution in [0, 0.1) is 6.92 Å². The molecule has 0 spiro atoms. The molecule has 0 fully saturated rings. The third-order valence-corrected chi connectivity index (χ3v) is 5.44. The van der Waals surface area contributed by atoms with Gasteiger partial charge in [0.25, 0.3) is 0 Å². The molecule has 0 saturated heterocycles. The fraction of sp³-hybridized carbons (Fsp3) is 0.167. The van der Waals surface area contributed by atoms with Crippen LogP contribution in [0.25, 0.3) is 22.3 Å². The van der Waals surface area contributed by atoms with Crippen molar-refractivity contribution in [2.45, 2.75) is 6.92 Å². The highest BCUT2D eigenvalue weighted by Gasteiger charge is 2.18. The molecule has 0 saturated carbocycles. The maximum Gasteiger partial charge on any atom is 0.226 e. The Morgan fingerprint density at radius 2 is 2.14 bits per heavy atom. The molecule has 0 radical (unpaired) electrons. The number of fused-ring (bicyclic) bond motifs is 1. The van der Waals surface area contributed by atoms with Gasteiger partial charge in [-0.25, -0.2) is 14.4 Å². The molecule has 1 N–H and O–H groups in total. The van der Waals surface area contributed by atoms with Crippen molar-refractivity contribution in [2.75, 3.05) is 7.11 Å². The number of ether oxygens (including phenoxy) is 1. The second-order valence-electron chi connectivity index (χ2n) is 4.35. The number of aromatic hydroxyl groups is 1. The molecule has 1 unspecified atom stereocenters. The molecule has 114 valence electrons. The summed E-state index contributed by atoms with van der Waals surface area (Å²) in [6, 6.07) is 0. The van der Waals surface area contributed by atoms with E-state index in [9.17, 15) is 5.11 Å². The Balaban J connectivity index is 2.29. The van der Waals surface area contributed by atoms with E-state index in [1.807, 2.05) is 11.4 Å². The van der Waals surface area contributed by atoms with Crippen LogP contribution in [0.2, 0.25) is 5.15 Å². The first-order valence-corrected chi connectivity index (χ1v) is 10.5. The van der Waals surface area contributed by atoms with Gasteiger partial charge in [0.05, 0.1) is 37.1 Å². The summed E-state index contributed by atoms with van der Waals surface area (Å²) in [4.78, 5) is 12.6. The number of hydrogen-bond acceptors (Lipinski definition) is 6. The fourth-order valence-corrected chi connectivity index (χ4v) is 4.05. The first kappa shape index (κ1) is 15.6. The van der Waals surface area contributed by atoms with Crippen LogP contribution in [-0.4, -0.2) is 36.7 Å². The van der Waals surface area contributed by atoms with Crippen LogP contribution in [0.4, 0.5) is 0 Å². The van der Waals surface area contributed by atoms with E-state index >= 15 is 0 Å². The van der Waals surface area contributed by atoms with Crippen molar-refractivity contribution in [1.82, 2.24) is 24.5 Å². The second-order valence-corrected chi connectivity index (χ2v) is 6.75. The Morgan fingerprint density at radius 3 is 2.77 bits per heavy atom. The van der Waals surface area contributed by atoms with E-state index in [0.29, 0.717) is 28.9 Å². The molecule has 0 aromatic carbocycles. The van der Waals surface area contributed by atoms with Gasteiger partial charge in [-0.1, -0.05) is 11.6 Å². The zero-order chi connectivity index (χ0) is 15.9. The zero-order valence-corrected chi connectivity index (χ0v) is 15.4. The van der Waals surface area contributed by atoms with Crippen molar-refractivity contribution >= 4 is 50.9 Å². The van der Waals surface area contributed by atoms with Gasteiger partial charge in [-0.2, -0.15) is 10.1 Å². The molecule has 10 heteroatoms. The number of methoxy groups -OCH3 is 1. The first-order chi connectivity index (χ1) is 10.6. The van der Waals surface area contributed by atoms with Crippen molar-refractivity contribution in [1.29, 1.82) is 0 Å². The topological polar surface area (TPSA) is 86.0 Å². The van der Waals surface area contributed by atoms with E-state index in [1.54, 1.807) is 6.20 Å². The third-order valence-electron chi connectivity index (χ3n) is 3.18. The van der Waals surface area contributed by atoms with Crippen LogP contribution in [0.15, 0.2) is 12.4 Å². The summed E-state index contributed by atoms with van der Waals surface area (Å²) in [5, 5.41) is 15.0. The number of pyridine rings is 1. The Hall–Kier alpha value is -1.25. The molecule has 0 aliphatic carbocycles. The van der Waals surface area contributed by atoms with Crippen LogP contribution in [0.1, 0.15) is 5.69 Å². The van der Waals surface area contributed by atoms with E-state index in [1.165, 1.54) is 13.3 Å². The first-order valence-electron chi connectivity index (χ1n) is 6.07. The minimum atomic E-state index is -0.203. The van der Waals surface area contributed by atoms with Crippen LogP contribution in [-0.2, 0) is 0 Å². The molecule has 22 heavy (non-hydrogen) atoms. The van der Waals surface area contributed by atoms with Gasteiger partial charge in [-0.3, -0.25) is 0 Å². The Morgan fingerprint density at radius 1 is 1.36 bits per heavy atom. The molecule has 1 atom stereocenters. The zero-order valence-electron chi connectivity index (χ0n) is 11.5. The summed E-state index contributed by atoms with van der Waals surface area (Å²) in [7, 11) is 1.48. The summed E-state index contributed by atoms with van der Waals surface area (Å²) in [5.74, 6) is 0.509. The molecular formula is C12H10ClIN5O2P. The monoisotopic (exact) mass is 449 g/mol. The normalized spacial score (nSPS) is 11.6. The average Bonchev–Trinajstić information content (AvgIpc) is 2.89. The summed E-state index contributed by atoms with van der Waals surface area (Å²) in [5.41, 5.74) is 1.99.